The summed E-state index contributed by atoms with van der Waals surface area (Å²) in [6, 6.07) is 6.62. The minimum atomic E-state index is -0.137. The summed E-state index contributed by atoms with van der Waals surface area (Å²) in [6.07, 6.45) is 2.06. The van der Waals surface area contributed by atoms with Crippen molar-refractivity contribution in [3.8, 4) is 0 Å². The molecule has 2 nitrogen and oxygen atoms in total. The van der Waals surface area contributed by atoms with Gasteiger partial charge in [0, 0.05) is 12.2 Å². The van der Waals surface area contributed by atoms with Crippen LogP contribution in [-0.2, 0) is 15.6 Å². The number of carbonyl (C=O) groups excluding carboxylic acids is 1. The number of nitrogens with zero attached hydrogens (tertiary/aromatic N) is 1. The Morgan fingerprint density at radius 1 is 1.28 bits per heavy atom. The van der Waals surface area contributed by atoms with E-state index in [0.717, 1.165) is 25.1 Å². The van der Waals surface area contributed by atoms with Crippen LogP contribution in [0.2, 0.25) is 0 Å². The second-order valence-corrected chi connectivity index (χ2v) is 6.61. The molecule has 1 amide bonds. The lowest BCUT2D eigenvalue weighted by Gasteiger charge is -2.22. The van der Waals surface area contributed by atoms with Gasteiger partial charge in [0.15, 0.2) is 0 Å². The molecular weight excluding hydrogens is 222 g/mol. The van der Waals surface area contributed by atoms with Gasteiger partial charge in [-0.1, -0.05) is 32.9 Å². The summed E-state index contributed by atoms with van der Waals surface area (Å²) in [5.41, 5.74) is 3.73. The topological polar surface area (TPSA) is 20.3 Å². The Labute approximate surface area is 109 Å². The minimum Gasteiger partial charge on any atom is -0.312 e. The van der Waals surface area contributed by atoms with Crippen molar-refractivity contribution in [2.24, 2.45) is 0 Å². The predicted octanol–water partition coefficient (Wildman–Crippen LogP) is 3.38. The van der Waals surface area contributed by atoms with Crippen molar-refractivity contribution in [2.75, 3.05) is 11.4 Å². The highest BCUT2D eigenvalue weighted by Crippen LogP contribution is 2.57. The predicted molar refractivity (Wildman–Crippen MR) is 74.1 cm³/mol. The first-order chi connectivity index (χ1) is 8.40. The molecule has 2 heteroatoms. The summed E-state index contributed by atoms with van der Waals surface area (Å²) < 4.78 is 0. The zero-order chi connectivity index (χ0) is 13.1. The fourth-order valence-electron chi connectivity index (χ4n) is 3.03. The average Bonchev–Trinajstić information content (AvgIpc) is 3.05. The third-order valence-corrected chi connectivity index (χ3v) is 4.39. The zero-order valence-corrected chi connectivity index (χ0v) is 11.7. The van der Waals surface area contributed by atoms with Crippen molar-refractivity contribution in [2.45, 2.75) is 51.4 Å². The maximum atomic E-state index is 12.5. The first-order valence-electron chi connectivity index (χ1n) is 6.87. The van der Waals surface area contributed by atoms with Gasteiger partial charge in [0.2, 0.25) is 5.91 Å². The van der Waals surface area contributed by atoms with Gasteiger partial charge >= 0.3 is 0 Å². The molecule has 1 saturated carbocycles. The van der Waals surface area contributed by atoms with Gasteiger partial charge in [0.25, 0.3) is 0 Å². The molecule has 0 unspecified atom stereocenters. The molecule has 1 aromatic rings. The summed E-state index contributed by atoms with van der Waals surface area (Å²) in [4.78, 5) is 14.4. The molecule has 0 aromatic heterocycles. The van der Waals surface area contributed by atoms with E-state index >= 15 is 0 Å². The number of likely N-dealkylation sites (N-methyl/N-ethyl adjacent to an activating group) is 1. The second kappa shape index (κ2) is 3.37. The lowest BCUT2D eigenvalue weighted by molar-refractivity contribution is -0.120. The van der Waals surface area contributed by atoms with Gasteiger partial charge in [-0.15, -0.1) is 0 Å². The van der Waals surface area contributed by atoms with Crippen molar-refractivity contribution in [1.82, 2.24) is 0 Å². The fourth-order valence-corrected chi connectivity index (χ4v) is 3.03. The Morgan fingerprint density at radius 3 is 2.44 bits per heavy atom. The van der Waals surface area contributed by atoms with Crippen LogP contribution in [0.3, 0.4) is 0 Å². The van der Waals surface area contributed by atoms with Crippen molar-refractivity contribution >= 4 is 11.6 Å². The molecule has 18 heavy (non-hydrogen) atoms. The summed E-state index contributed by atoms with van der Waals surface area (Å²) in [6.45, 7) is 9.49. The van der Waals surface area contributed by atoms with E-state index in [1.807, 2.05) is 4.90 Å². The molecule has 1 aromatic carbocycles. The smallest absolute Gasteiger partial charge is 0.237 e. The van der Waals surface area contributed by atoms with Gasteiger partial charge in [-0.3, -0.25) is 4.79 Å². The highest BCUT2D eigenvalue weighted by Gasteiger charge is 2.58. The first-order valence-corrected chi connectivity index (χ1v) is 6.87. The van der Waals surface area contributed by atoms with Gasteiger partial charge in [0.05, 0.1) is 5.41 Å². The molecule has 1 aliphatic heterocycles. The third-order valence-electron chi connectivity index (χ3n) is 4.39. The number of hydrogen-bond acceptors (Lipinski definition) is 1. The summed E-state index contributed by atoms with van der Waals surface area (Å²) in [5.74, 6) is 0.325. The van der Waals surface area contributed by atoms with E-state index in [1.54, 1.807) is 0 Å². The number of carbonyl (C=O) groups is 1. The van der Waals surface area contributed by atoms with Gasteiger partial charge in [0.1, 0.15) is 0 Å². The molecule has 0 bridgehead atoms. The highest BCUT2D eigenvalue weighted by atomic mass is 16.2. The van der Waals surface area contributed by atoms with E-state index in [1.165, 1.54) is 11.1 Å². The van der Waals surface area contributed by atoms with E-state index in [9.17, 15) is 4.79 Å². The molecule has 1 aliphatic carbocycles. The van der Waals surface area contributed by atoms with Crippen molar-refractivity contribution in [1.29, 1.82) is 0 Å². The molecule has 0 saturated heterocycles. The SMILES string of the molecule is CCN1C(=O)C2(CC2)c2ccc(C(C)(C)C)cc21. The molecular formula is C16H21NO. The van der Waals surface area contributed by atoms with Crippen molar-refractivity contribution < 1.29 is 4.79 Å². The third kappa shape index (κ3) is 1.38. The van der Waals surface area contributed by atoms with Crippen LogP contribution in [0.4, 0.5) is 5.69 Å². The van der Waals surface area contributed by atoms with Crippen LogP contribution in [-0.4, -0.2) is 12.5 Å². The molecule has 0 N–H and O–H groups in total. The largest absolute Gasteiger partial charge is 0.312 e. The van der Waals surface area contributed by atoms with Gasteiger partial charge in [-0.25, -0.2) is 0 Å². The number of fused-ring (bicyclic) bond motifs is 2. The number of rotatable bonds is 1. The van der Waals surface area contributed by atoms with E-state index in [2.05, 4.69) is 45.9 Å². The van der Waals surface area contributed by atoms with Crippen LogP contribution in [0.1, 0.15) is 51.7 Å². The van der Waals surface area contributed by atoms with Crippen LogP contribution < -0.4 is 4.90 Å². The Bertz CT molecular complexity index is 520. The molecule has 1 heterocycles. The summed E-state index contributed by atoms with van der Waals surface area (Å²) in [7, 11) is 0. The summed E-state index contributed by atoms with van der Waals surface area (Å²) in [5, 5.41) is 0. The molecule has 0 atom stereocenters. The standard InChI is InChI=1S/C16H21NO/c1-5-17-13-10-11(15(2,3)4)6-7-12(13)16(8-9-16)14(17)18/h6-7,10H,5,8-9H2,1-4H3. The average molecular weight is 243 g/mol. The van der Waals surface area contributed by atoms with Crippen molar-refractivity contribution in [3.63, 3.8) is 0 Å². The Hall–Kier alpha value is -1.31. The molecule has 0 radical (unpaired) electrons. The summed E-state index contributed by atoms with van der Waals surface area (Å²) >= 11 is 0. The lowest BCUT2D eigenvalue weighted by atomic mass is 9.85. The second-order valence-electron chi connectivity index (χ2n) is 6.61. The van der Waals surface area contributed by atoms with Crippen LogP contribution in [0, 0.1) is 0 Å². The van der Waals surface area contributed by atoms with Crippen LogP contribution in [0.15, 0.2) is 18.2 Å². The highest BCUT2D eigenvalue weighted by molar-refractivity contribution is 6.10. The van der Waals surface area contributed by atoms with Crippen LogP contribution >= 0.6 is 0 Å². The van der Waals surface area contributed by atoms with Gasteiger partial charge in [-0.05, 0) is 42.4 Å². The Morgan fingerprint density at radius 2 is 1.94 bits per heavy atom. The molecule has 1 fully saturated rings. The first kappa shape index (κ1) is 11.8. The van der Waals surface area contributed by atoms with Crippen molar-refractivity contribution in [3.05, 3.63) is 29.3 Å². The van der Waals surface area contributed by atoms with Gasteiger partial charge in [-0.2, -0.15) is 0 Å². The Kier molecular flexibility index (Phi) is 2.20. The zero-order valence-electron chi connectivity index (χ0n) is 11.7. The lowest BCUT2D eigenvalue weighted by Crippen LogP contribution is -2.31. The number of hydrogen-bond donors (Lipinski definition) is 0. The monoisotopic (exact) mass is 243 g/mol. The molecule has 1 spiro atoms. The van der Waals surface area contributed by atoms with Gasteiger partial charge < -0.3 is 4.90 Å². The molecule has 3 rings (SSSR count). The number of anilines is 1. The minimum absolute atomic E-state index is 0.136. The van der Waals surface area contributed by atoms with E-state index in [4.69, 9.17) is 0 Å². The molecule has 96 valence electrons. The Balaban J connectivity index is 2.15. The van der Waals surface area contributed by atoms with Crippen LogP contribution in [0.5, 0.6) is 0 Å². The number of benzene rings is 1. The van der Waals surface area contributed by atoms with Crippen LogP contribution in [0.25, 0.3) is 0 Å². The fraction of sp³-hybridized carbons (Fsp3) is 0.562. The van der Waals surface area contributed by atoms with E-state index in [-0.39, 0.29) is 10.8 Å². The molecule has 2 aliphatic rings. The normalized spacial score (nSPS) is 20.4. The van der Waals surface area contributed by atoms with E-state index < -0.39 is 0 Å². The maximum Gasteiger partial charge on any atom is 0.237 e. The quantitative estimate of drug-likeness (QED) is 0.740. The number of amides is 1. The maximum absolute atomic E-state index is 12.5. The van der Waals surface area contributed by atoms with E-state index in [0.29, 0.717) is 5.91 Å².